The van der Waals surface area contributed by atoms with Crippen molar-refractivity contribution in [2.75, 3.05) is 0 Å². The van der Waals surface area contributed by atoms with Crippen LogP contribution in [0.5, 0.6) is 23.0 Å². The van der Waals surface area contributed by atoms with Crippen molar-refractivity contribution in [3.8, 4) is 46.0 Å². The van der Waals surface area contributed by atoms with Crippen LogP contribution >= 0.6 is 0 Å². The van der Waals surface area contributed by atoms with Gasteiger partial charge in [0, 0.05) is 47.7 Å². The number of nitrogens with one attached hydrogen (secondary N) is 2. The third-order valence-corrected chi connectivity index (χ3v) is 14.7. The van der Waals surface area contributed by atoms with Crippen LogP contribution in [0.25, 0.3) is 44.8 Å². The molecule has 89 heavy (non-hydrogen) atoms. The Bertz CT molecular complexity index is 4100. The van der Waals surface area contributed by atoms with E-state index in [-0.39, 0.29) is 38.4 Å². The second-order valence-corrected chi connectivity index (χ2v) is 20.8. The van der Waals surface area contributed by atoms with E-state index in [9.17, 15) is 52.7 Å². The minimum absolute atomic E-state index is 0.0388. The van der Waals surface area contributed by atoms with Gasteiger partial charge < -0.3 is 23.3 Å². The molecule has 2 N–H and O–H groups in total. The van der Waals surface area contributed by atoms with Crippen LogP contribution in [-0.2, 0) is 63.9 Å². The minimum Gasteiger partial charge on any atom is -0.489 e. The van der Waals surface area contributed by atoms with Crippen molar-refractivity contribution < 1.29 is 66.9 Å². The van der Waals surface area contributed by atoms with Crippen LogP contribution in [0, 0.1) is 0 Å². The summed E-state index contributed by atoms with van der Waals surface area (Å²) in [6.07, 6.45) is -19.3. The molecule has 0 amide bonds. The first-order valence-electron chi connectivity index (χ1n) is 27.1. The Labute approximate surface area is 496 Å². The molecular weight excluding hydrogens is 1180 g/mol. The molecule has 12 rings (SSSR count). The average Bonchev–Trinajstić information content (AvgIpc) is 1.65. The Morgan fingerprint density at radius 1 is 0.360 bits per heavy atom. The van der Waals surface area contributed by atoms with E-state index in [1.807, 2.05) is 106 Å². The second kappa shape index (κ2) is 23.7. The number of fused-ring (bicyclic) bond motifs is 2. The predicted molar refractivity (Wildman–Crippen MR) is 301 cm³/mol. The van der Waals surface area contributed by atoms with Crippen LogP contribution in [0.2, 0.25) is 0 Å². The normalized spacial score (nSPS) is 12.3. The molecular formula is C64H44F12N10O3. The maximum Gasteiger partial charge on any atom is 0.416 e. The van der Waals surface area contributed by atoms with Crippen molar-refractivity contribution in [2.45, 2.75) is 63.9 Å². The van der Waals surface area contributed by atoms with Gasteiger partial charge in [-0.15, -0.1) is 20.4 Å². The number of rotatable bonds is 18. The molecule has 0 aliphatic carbocycles. The molecule has 12 aromatic rings. The monoisotopic (exact) mass is 1230 g/mol. The second-order valence-electron chi connectivity index (χ2n) is 20.8. The van der Waals surface area contributed by atoms with Crippen molar-refractivity contribution in [3.63, 3.8) is 0 Å². The first kappa shape index (κ1) is 58.9. The third-order valence-electron chi connectivity index (χ3n) is 14.7. The molecule has 452 valence electrons. The molecule has 0 aliphatic heterocycles. The van der Waals surface area contributed by atoms with Gasteiger partial charge in [-0.1, -0.05) is 109 Å². The molecule has 0 atom stereocenters. The van der Waals surface area contributed by atoms with E-state index >= 15 is 0 Å². The number of alkyl halides is 12. The fraction of sp³-hybridized carbons (Fsp3) is 0.156. The zero-order valence-electron chi connectivity index (χ0n) is 45.9. The molecule has 0 bridgehead atoms. The summed E-state index contributed by atoms with van der Waals surface area (Å²) in [6.45, 7) is -0.157. The lowest BCUT2D eigenvalue weighted by molar-refractivity contribution is -0.144. The number of benzene rings is 8. The number of aromatic nitrogens is 10. The Morgan fingerprint density at radius 2 is 0.708 bits per heavy atom. The maximum atomic E-state index is 13.6. The van der Waals surface area contributed by atoms with Crippen molar-refractivity contribution >= 4 is 21.8 Å². The van der Waals surface area contributed by atoms with Gasteiger partial charge >= 0.3 is 24.7 Å². The van der Waals surface area contributed by atoms with E-state index in [0.717, 1.165) is 55.2 Å². The van der Waals surface area contributed by atoms with Gasteiger partial charge in [0.15, 0.2) is 0 Å². The first-order chi connectivity index (χ1) is 42.6. The molecule has 0 spiro atoms. The summed E-state index contributed by atoms with van der Waals surface area (Å²) in [6, 6.07) is 46.7. The highest BCUT2D eigenvalue weighted by Crippen LogP contribution is 2.43. The van der Waals surface area contributed by atoms with Gasteiger partial charge in [-0.2, -0.15) is 63.1 Å². The number of hydrogen-bond donors (Lipinski definition) is 2. The molecule has 0 aliphatic rings. The highest BCUT2D eigenvalue weighted by Gasteiger charge is 2.39. The van der Waals surface area contributed by atoms with Gasteiger partial charge in [0.2, 0.25) is 11.6 Å². The van der Waals surface area contributed by atoms with Crippen molar-refractivity contribution in [1.82, 2.24) is 50.4 Å². The van der Waals surface area contributed by atoms with Crippen LogP contribution in [0.1, 0.15) is 66.8 Å². The summed E-state index contributed by atoms with van der Waals surface area (Å²) in [7, 11) is 0. The maximum absolute atomic E-state index is 13.6. The van der Waals surface area contributed by atoms with Gasteiger partial charge in [-0.25, -0.2) is 0 Å². The van der Waals surface area contributed by atoms with E-state index in [4.69, 9.17) is 14.2 Å². The van der Waals surface area contributed by atoms with E-state index in [2.05, 4.69) is 41.2 Å². The molecule has 4 aromatic heterocycles. The van der Waals surface area contributed by atoms with Crippen LogP contribution in [0.4, 0.5) is 52.7 Å². The number of aromatic amines is 2. The summed E-state index contributed by atoms with van der Waals surface area (Å²) < 4.78 is 185. The Hall–Kier alpha value is -10.5. The molecule has 0 saturated heterocycles. The number of ether oxygens (including phenoxy) is 3. The van der Waals surface area contributed by atoms with Crippen LogP contribution in [-0.4, -0.2) is 50.4 Å². The Kier molecular flexibility index (Phi) is 15.7. The molecule has 25 heteroatoms. The van der Waals surface area contributed by atoms with Crippen molar-refractivity contribution in [2.24, 2.45) is 0 Å². The van der Waals surface area contributed by atoms with Gasteiger partial charge in [0.25, 0.3) is 0 Å². The largest absolute Gasteiger partial charge is 0.489 e. The summed E-state index contributed by atoms with van der Waals surface area (Å²) in [4.78, 5) is 0. The average molecular weight is 1230 g/mol. The number of hydrogen-bond acceptors (Lipinski definition) is 9. The summed E-state index contributed by atoms with van der Waals surface area (Å²) >= 11 is 0. The number of halogens is 12. The predicted octanol–water partition coefficient (Wildman–Crippen LogP) is 16.3. The fourth-order valence-electron chi connectivity index (χ4n) is 10.6. The lowest BCUT2D eigenvalue weighted by Crippen LogP contribution is -2.11. The highest BCUT2D eigenvalue weighted by atomic mass is 19.4. The standard InChI is InChI=1S/C64H44F12N10O3/c65-61(66,67)43-25-44(62(68,69)70)28-49(27-43)87-35-41-15-11-39(12-16-41)33-85-55-21-19-47(31-51(55)53(23-37-7-3-1-4-8-37)57(85)59-77-81-82-78-59)89-48-20-22-56-52(32-48)54(24-38-9-5-2-6-10-38)58(60-79-83-84-80-60)86(56)34-40-13-17-42(18-14-40)36-88-50-29-45(63(71,72)73)26-46(30-50)64(74,75)76/h1-22,25-32H,23-24,33-36H2,(H,77,78,81,82)(H,79,80,83,84). The van der Waals surface area contributed by atoms with Gasteiger partial charge in [0.05, 0.1) is 33.6 Å². The van der Waals surface area contributed by atoms with Crippen LogP contribution in [0.15, 0.2) is 182 Å². The van der Waals surface area contributed by atoms with E-state index in [0.29, 0.717) is 82.8 Å². The van der Waals surface area contributed by atoms with Crippen LogP contribution < -0.4 is 14.2 Å². The molecule has 0 fully saturated rings. The molecule has 8 aromatic carbocycles. The van der Waals surface area contributed by atoms with Crippen LogP contribution in [0.3, 0.4) is 0 Å². The van der Waals surface area contributed by atoms with Gasteiger partial charge in [-0.3, -0.25) is 0 Å². The summed E-state index contributed by atoms with van der Waals surface area (Å²) in [5, 5.41) is 32.1. The summed E-state index contributed by atoms with van der Waals surface area (Å²) in [5.74, 6) is 0.339. The number of H-pyrrole nitrogens is 2. The smallest absolute Gasteiger partial charge is 0.416 e. The lowest BCUT2D eigenvalue weighted by Gasteiger charge is -2.15. The third kappa shape index (κ3) is 13.1. The number of tetrazole rings is 2. The zero-order valence-corrected chi connectivity index (χ0v) is 45.9. The fourth-order valence-corrected chi connectivity index (χ4v) is 10.6. The number of nitrogens with zero attached hydrogens (tertiary/aromatic N) is 8. The first-order valence-corrected chi connectivity index (χ1v) is 27.1. The molecule has 4 heterocycles. The van der Waals surface area contributed by atoms with E-state index in [1.165, 1.54) is 0 Å². The quantitative estimate of drug-likeness (QED) is 0.0802. The van der Waals surface area contributed by atoms with Gasteiger partial charge in [0.1, 0.15) is 36.2 Å². The van der Waals surface area contributed by atoms with E-state index in [1.54, 1.807) is 48.5 Å². The highest BCUT2D eigenvalue weighted by molar-refractivity contribution is 5.94. The molecule has 0 saturated carbocycles. The van der Waals surface area contributed by atoms with Gasteiger partial charge in [-0.05, 0) is 128 Å². The van der Waals surface area contributed by atoms with E-state index < -0.39 is 58.5 Å². The molecule has 0 unspecified atom stereocenters. The summed E-state index contributed by atoms with van der Waals surface area (Å²) in [5.41, 5.74) is 2.93. The molecule has 0 radical (unpaired) electrons. The minimum atomic E-state index is -5.04. The lowest BCUT2D eigenvalue weighted by atomic mass is 10.0. The Morgan fingerprint density at radius 3 is 1.03 bits per heavy atom. The van der Waals surface area contributed by atoms with Crippen molar-refractivity contribution in [1.29, 1.82) is 0 Å². The van der Waals surface area contributed by atoms with Crippen molar-refractivity contribution in [3.05, 3.63) is 249 Å². The topological polar surface area (TPSA) is 146 Å². The Balaban J connectivity index is 0.869. The SMILES string of the molecule is FC(F)(F)c1cc(OCc2ccc(Cn3c(-c4nn[nH]n4)c(Cc4ccccc4)c4cc(Oc5ccc6c(c5)c(Cc5ccccc5)c(-c5nn[nH]n5)n6Cc5ccc(COc6cc(C(F)(F)F)cc(C(F)(F)F)c6)cc5)ccc43)cc2)cc(C(F)(F)F)c1. The zero-order chi connectivity index (χ0) is 62.2. The molecule has 13 nitrogen and oxygen atoms in total.